The molecule has 0 aliphatic carbocycles. The highest BCUT2D eigenvalue weighted by Gasteiger charge is 2.10. The molecule has 0 aliphatic rings. The molecule has 0 spiro atoms. The zero-order valence-electron chi connectivity index (χ0n) is 10.6. The Morgan fingerprint density at radius 2 is 2.28 bits per heavy atom. The van der Waals surface area contributed by atoms with Crippen LogP contribution in [0.4, 0.5) is 5.69 Å². The van der Waals surface area contributed by atoms with Crippen molar-refractivity contribution in [2.24, 2.45) is 0 Å². The molecule has 3 N–H and O–H groups in total. The van der Waals surface area contributed by atoms with Gasteiger partial charge in [-0.1, -0.05) is 19.1 Å². The van der Waals surface area contributed by atoms with E-state index in [2.05, 4.69) is 11.9 Å². The molecular formula is C14H19N3O. The molecule has 1 atom stereocenters. The number of benzene rings is 1. The number of hydrogen-bond donors (Lipinski definition) is 2. The fraction of sp³-hybridized carbons (Fsp3) is 0.357. The Kier molecular flexibility index (Phi) is 3.99. The van der Waals surface area contributed by atoms with Crippen molar-refractivity contribution < 1.29 is 5.11 Å². The summed E-state index contributed by atoms with van der Waals surface area (Å²) in [7, 11) is 0. The van der Waals surface area contributed by atoms with Crippen molar-refractivity contribution in [2.75, 3.05) is 5.73 Å². The molecule has 0 saturated heterocycles. The molecule has 18 heavy (non-hydrogen) atoms. The normalized spacial score (nSPS) is 12.6. The van der Waals surface area contributed by atoms with Gasteiger partial charge in [-0.05, 0) is 24.1 Å². The van der Waals surface area contributed by atoms with Crippen molar-refractivity contribution in [3.63, 3.8) is 0 Å². The van der Waals surface area contributed by atoms with Crippen molar-refractivity contribution in [3.05, 3.63) is 48.0 Å². The Morgan fingerprint density at radius 3 is 3.00 bits per heavy atom. The second-order valence-corrected chi connectivity index (χ2v) is 4.43. The topological polar surface area (TPSA) is 64.1 Å². The molecule has 4 nitrogen and oxygen atoms in total. The van der Waals surface area contributed by atoms with E-state index in [1.54, 1.807) is 12.3 Å². The molecule has 0 aliphatic heterocycles. The van der Waals surface area contributed by atoms with Gasteiger partial charge in [0.05, 0.1) is 12.6 Å². The molecule has 2 aromatic rings. The van der Waals surface area contributed by atoms with Gasteiger partial charge in [-0.25, -0.2) is 4.98 Å². The van der Waals surface area contributed by atoms with Crippen LogP contribution < -0.4 is 5.73 Å². The molecule has 1 aromatic carbocycles. The van der Waals surface area contributed by atoms with E-state index in [9.17, 15) is 5.11 Å². The second-order valence-electron chi connectivity index (χ2n) is 4.43. The summed E-state index contributed by atoms with van der Waals surface area (Å²) in [5.74, 6) is 1.01. The molecule has 1 unspecified atom stereocenters. The minimum Gasteiger partial charge on any atom is -0.399 e. The van der Waals surface area contributed by atoms with Crippen LogP contribution in [0.25, 0.3) is 0 Å². The number of imidazole rings is 1. The summed E-state index contributed by atoms with van der Waals surface area (Å²) >= 11 is 0. The second kappa shape index (κ2) is 5.69. The smallest absolute Gasteiger partial charge is 0.108 e. The number of nitrogen functional groups attached to an aromatic ring is 1. The van der Waals surface area contributed by atoms with E-state index in [1.807, 2.05) is 29.0 Å². The number of nitrogens with two attached hydrogens (primary N) is 1. The van der Waals surface area contributed by atoms with Gasteiger partial charge in [0, 0.05) is 24.5 Å². The van der Waals surface area contributed by atoms with Gasteiger partial charge in [0.25, 0.3) is 0 Å². The number of hydrogen-bond acceptors (Lipinski definition) is 3. The molecule has 0 bridgehead atoms. The zero-order chi connectivity index (χ0) is 13.0. The van der Waals surface area contributed by atoms with E-state index in [0.29, 0.717) is 12.2 Å². The third-order valence-corrected chi connectivity index (χ3v) is 2.94. The van der Waals surface area contributed by atoms with E-state index in [1.165, 1.54) is 0 Å². The zero-order valence-corrected chi connectivity index (χ0v) is 10.6. The molecule has 2 rings (SSSR count). The van der Waals surface area contributed by atoms with Gasteiger partial charge in [-0.3, -0.25) is 0 Å². The lowest BCUT2D eigenvalue weighted by Gasteiger charge is -2.14. The van der Waals surface area contributed by atoms with Crippen LogP contribution in [0.1, 0.15) is 30.8 Å². The summed E-state index contributed by atoms with van der Waals surface area (Å²) in [6.45, 7) is 2.63. The molecule has 96 valence electrons. The summed E-state index contributed by atoms with van der Waals surface area (Å²) in [5.41, 5.74) is 7.23. The van der Waals surface area contributed by atoms with Gasteiger partial charge in [0.15, 0.2) is 0 Å². The Morgan fingerprint density at radius 1 is 1.44 bits per heavy atom. The Labute approximate surface area is 107 Å². The molecular weight excluding hydrogens is 226 g/mol. The maximum Gasteiger partial charge on any atom is 0.108 e. The molecule has 0 fully saturated rings. The van der Waals surface area contributed by atoms with E-state index in [0.717, 1.165) is 24.2 Å². The number of nitrogens with zero attached hydrogens (tertiary/aromatic N) is 2. The van der Waals surface area contributed by atoms with Crippen molar-refractivity contribution in [2.45, 2.75) is 32.4 Å². The highest BCUT2D eigenvalue weighted by molar-refractivity contribution is 5.41. The predicted octanol–water partition coefficient (Wildman–Crippen LogP) is 2.15. The summed E-state index contributed by atoms with van der Waals surface area (Å²) in [4.78, 5) is 4.30. The van der Waals surface area contributed by atoms with Crippen LogP contribution in [0.5, 0.6) is 0 Å². The van der Waals surface area contributed by atoms with Crippen LogP contribution >= 0.6 is 0 Å². The van der Waals surface area contributed by atoms with Crippen LogP contribution in [0.15, 0.2) is 36.7 Å². The lowest BCUT2D eigenvalue weighted by atomic mass is 10.1. The molecule has 0 radical (unpaired) electrons. The van der Waals surface area contributed by atoms with Crippen molar-refractivity contribution in [1.29, 1.82) is 0 Å². The standard InChI is InChI=1S/C14H19N3O/c1-2-4-14-16-7-8-17(14)10-13(18)11-5-3-6-12(15)9-11/h3,5-9,13,18H,2,4,10,15H2,1H3. The number of aromatic nitrogens is 2. The summed E-state index contributed by atoms with van der Waals surface area (Å²) in [6, 6.07) is 7.36. The number of rotatable bonds is 5. The van der Waals surface area contributed by atoms with Crippen LogP contribution in [0.3, 0.4) is 0 Å². The number of anilines is 1. The van der Waals surface area contributed by atoms with Crippen LogP contribution in [-0.4, -0.2) is 14.7 Å². The van der Waals surface area contributed by atoms with E-state index in [4.69, 9.17) is 5.73 Å². The van der Waals surface area contributed by atoms with Gasteiger partial charge >= 0.3 is 0 Å². The molecule has 4 heteroatoms. The number of aliphatic hydroxyl groups is 1. The van der Waals surface area contributed by atoms with Crippen molar-refractivity contribution in [3.8, 4) is 0 Å². The maximum absolute atomic E-state index is 10.2. The molecule has 0 saturated carbocycles. The van der Waals surface area contributed by atoms with Gasteiger partial charge < -0.3 is 15.4 Å². The first-order valence-electron chi connectivity index (χ1n) is 6.24. The monoisotopic (exact) mass is 245 g/mol. The molecule has 1 aromatic heterocycles. The van der Waals surface area contributed by atoms with Crippen molar-refractivity contribution in [1.82, 2.24) is 9.55 Å². The quantitative estimate of drug-likeness (QED) is 0.793. The first-order chi connectivity index (χ1) is 8.70. The average Bonchev–Trinajstić information content (AvgIpc) is 2.77. The third kappa shape index (κ3) is 2.90. The lowest BCUT2D eigenvalue weighted by molar-refractivity contribution is 0.155. The predicted molar refractivity (Wildman–Crippen MR) is 72.0 cm³/mol. The maximum atomic E-state index is 10.2. The van der Waals surface area contributed by atoms with Crippen LogP contribution in [0.2, 0.25) is 0 Å². The van der Waals surface area contributed by atoms with Gasteiger partial charge in [0.2, 0.25) is 0 Å². The Balaban J connectivity index is 2.11. The molecule has 1 heterocycles. The van der Waals surface area contributed by atoms with Crippen LogP contribution in [0, 0.1) is 0 Å². The lowest BCUT2D eigenvalue weighted by Crippen LogP contribution is -2.11. The Bertz CT molecular complexity index is 507. The fourth-order valence-electron chi connectivity index (χ4n) is 2.02. The first-order valence-corrected chi connectivity index (χ1v) is 6.24. The summed E-state index contributed by atoms with van der Waals surface area (Å²) in [5, 5.41) is 10.2. The van der Waals surface area contributed by atoms with Crippen molar-refractivity contribution >= 4 is 5.69 Å². The van der Waals surface area contributed by atoms with E-state index in [-0.39, 0.29) is 0 Å². The number of aliphatic hydroxyl groups excluding tert-OH is 1. The van der Waals surface area contributed by atoms with Gasteiger partial charge in [-0.2, -0.15) is 0 Å². The molecule has 0 amide bonds. The largest absolute Gasteiger partial charge is 0.399 e. The first kappa shape index (κ1) is 12.6. The SMILES string of the molecule is CCCc1nccn1CC(O)c1cccc(N)c1. The highest BCUT2D eigenvalue weighted by atomic mass is 16.3. The third-order valence-electron chi connectivity index (χ3n) is 2.94. The van der Waals surface area contributed by atoms with Gasteiger partial charge in [0.1, 0.15) is 5.82 Å². The fourth-order valence-corrected chi connectivity index (χ4v) is 2.02. The summed E-state index contributed by atoms with van der Waals surface area (Å²) < 4.78 is 2.00. The minimum atomic E-state index is -0.557. The Hall–Kier alpha value is -1.81. The van der Waals surface area contributed by atoms with E-state index < -0.39 is 6.10 Å². The minimum absolute atomic E-state index is 0.513. The van der Waals surface area contributed by atoms with Gasteiger partial charge in [-0.15, -0.1) is 0 Å². The average molecular weight is 245 g/mol. The number of aryl methyl sites for hydroxylation is 1. The van der Waals surface area contributed by atoms with Crippen LogP contribution in [-0.2, 0) is 13.0 Å². The highest BCUT2D eigenvalue weighted by Crippen LogP contribution is 2.18. The van der Waals surface area contributed by atoms with E-state index >= 15 is 0 Å². The summed E-state index contributed by atoms with van der Waals surface area (Å²) in [6.07, 6.45) is 5.10.